The van der Waals surface area contributed by atoms with Crippen LogP contribution >= 0.6 is 0 Å². The molecule has 122 valence electrons. The van der Waals surface area contributed by atoms with Crippen molar-refractivity contribution in [3.63, 3.8) is 0 Å². The molecule has 22 heavy (non-hydrogen) atoms. The van der Waals surface area contributed by atoms with Gasteiger partial charge in [-0.1, -0.05) is 12.1 Å². The van der Waals surface area contributed by atoms with Gasteiger partial charge < -0.3 is 14.6 Å². The lowest BCUT2D eigenvalue weighted by atomic mass is 9.96. The van der Waals surface area contributed by atoms with Crippen LogP contribution < -0.4 is 4.74 Å². The second-order valence-corrected chi connectivity index (χ2v) is 4.79. The molecule has 0 aliphatic rings. The number of halogens is 3. The van der Waals surface area contributed by atoms with Crippen LogP contribution in [0.4, 0.5) is 13.2 Å². The Kier molecular flexibility index (Phi) is 6.88. The SMILES string of the molecule is O=CCC(C(=O)O)c1cccc(OCCCCC(F)(F)F)c1. The average molecular weight is 318 g/mol. The molecule has 1 rings (SSSR count). The molecule has 1 unspecified atom stereocenters. The highest BCUT2D eigenvalue weighted by molar-refractivity contribution is 5.79. The van der Waals surface area contributed by atoms with Gasteiger partial charge >= 0.3 is 12.1 Å². The number of carbonyl (C=O) groups is 2. The maximum atomic E-state index is 12.0. The number of carboxylic acid groups (broad SMARTS) is 1. The van der Waals surface area contributed by atoms with E-state index in [1.807, 2.05) is 0 Å². The van der Waals surface area contributed by atoms with Crippen molar-refractivity contribution < 1.29 is 32.6 Å². The van der Waals surface area contributed by atoms with Crippen LogP contribution in [0.1, 0.15) is 37.2 Å². The van der Waals surface area contributed by atoms with Crippen LogP contribution in [0.15, 0.2) is 24.3 Å². The van der Waals surface area contributed by atoms with Crippen molar-refractivity contribution in [2.75, 3.05) is 6.61 Å². The minimum atomic E-state index is -4.16. The molecule has 0 amide bonds. The lowest BCUT2D eigenvalue weighted by Gasteiger charge is -2.12. The second-order valence-electron chi connectivity index (χ2n) is 4.79. The molecule has 7 heteroatoms. The molecule has 0 bridgehead atoms. The normalized spacial score (nSPS) is 12.7. The lowest BCUT2D eigenvalue weighted by molar-refractivity contribution is -0.139. The van der Waals surface area contributed by atoms with Crippen molar-refractivity contribution in [3.05, 3.63) is 29.8 Å². The fraction of sp³-hybridized carbons (Fsp3) is 0.467. The third-order valence-electron chi connectivity index (χ3n) is 3.01. The van der Waals surface area contributed by atoms with Gasteiger partial charge in [-0.25, -0.2) is 0 Å². The third-order valence-corrected chi connectivity index (χ3v) is 3.01. The molecular formula is C15H17F3O4. The number of carboxylic acids is 1. The van der Waals surface area contributed by atoms with E-state index in [1.165, 1.54) is 6.07 Å². The Morgan fingerprint density at radius 3 is 2.64 bits per heavy atom. The summed E-state index contributed by atoms with van der Waals surface area (Å²) in [4.78, 5) is 21.6. The molecule has 1 aromatic carbocycles. The molecule has 0 aliphatic carbocycles. The Morgan fingerprint density at radius 2 is 2.05 bits per heavy atom. The van der Waals surface area contributed by atoms with Crippen molar-refractivity contribution in [2.45, 2.75) is 37.8 Å². The number of unbranched alkanes of at least 4 members (excludes halogenated alkanes) is 1. The smallest absolute Gasteiger partial charge is 0.389 e. The first kappa shape index (κ1) is 18.0. The Hall–Kier alpha value is -2.05. The van der Waals surface area contributed by atoms with E-state index in [9.17, 15) is 22.8 Å². The van der Waals surface area contributed by atoms with Crippen LogP contribution in [-0.4, -0.2) is 30.1 Å². The van der Waals surface area contributed by atoms with E-state index in [2.05, 4.69) is 0 Å². The predicted molar refractivity (Wildman–Crippen MR) is 72.9 cm³/mol. The number of benzene rings is 1. The molecule has 0 saturated heterocycles. The van der Waals surface area contributed by atoms with Crippen LogP contribution in [0.2, 0.25) is 0 Å². The van der Waals surface area contributed by atoms with E-state index in [-0.39, 0.29) is 25.9 Å². The van der Waals surface area contributed by atoms with Gasteiger partial charge in [0.2, 0.25) is 0 Å². The van der Waals surface area contributed by atoms with Crippen LogP contribution in [0.5, 0.6) is 5.75 Å². The molecule has 1 N–H and O–H groups in total. The summed E-state index contributed by atoms with van der Waals surface area (Å²) in [6.07, 6.45) is -4.40. The fourth-order valence-electron chi connectivity index (χ4n) is 1.91. The summed E-state index contributed by atoms with van der Waals surface area (Å²) >= 11 is 0. The largest absolute Gasteiger partial charge is 0.494 e. The van der Waals surface area contributed by atoms with E-state index in [0.717, 1.165) is 0 Å². The molecule has 0 fully saturated rings. The average Bonchev–Trinajstić information content (AvgIpc) is 2.43. The maximum Gasteiger partial charge on any atom is 0.389 e. The van der Waals surface area contributed by atoms with Gasteiger partial charge in [0.1, 0.15) is 12.0 Å². The highest BCUT2D eigenvalue weighted by Crippen LogP contribution is 2.24. The molecule has 4 nitrogen and oxygen atoms in total. The maximum absolute atomic E-state index is 12.0. The van der Waals surface area contributed by atoms with Crippen molar-refractivity contribution in [1.82, 2.24) is 0 Å². The fourth-order valence-corrected chi connectivity index (χ4v) is 1.91. The van der Waals surface area contributed by atoms with Crippen molar-refractivity contribution >= 4 is 12.3 Å². The van der Waals surface area contributed by atoms with Crippen LogP contribution in [0, 0.1) is 0 Å². The van der Waals surface area contributed by atoms with Crippen molar-refractivity contribution in [2.24, 2.45) is 0 Å². The molecule has 0 radical (unpaired) electrons. The molecule has 0 spiro atoms. The van der Waals surface area contributed by atoms with E-state index in [1.54, 1.807) is 18.2 Å². The Morgan fingerprint density at radius 1 is 1.32 bits per heavy atom. The van der Waals surface area contributed by atoms with Gasteiger partial charge in [0, 0.05) is 12.8 Å². The highest BCUT2D eigenvalue weighted by Gasteiger charge is 2.25. The van der Waals surface area contributed by atoms with E-state index in [4.69, 9.17) is 9.84 Å². The number of rotatable bonds is 9. The van der Waals surface area contributed by atoms with E-state index < -0.39 is 24.5 Å². The molecule has 0 saturated carbocycles. The van der Waals surface area contributed by atoms with Gasteiger partial charge in [-0.2, -0.15) is 13.2 Å². The minimum absolute atomic E-state index is 0.0217. The number of hydrogen-bond acceptors (Lipinski definition) is 3. The summed E-state index contributed by atoms with van der Waals surface area (Å²) in [5, 5.41) is 9.06. The van der Waals surface area contributed by atoms with Gasteiger partial charge in [-0.05, 0) is 30.5 Å². The van der Waals surface area contributed by atoms with Crippen molar-refractivity contribution in [3.8, 4) is 5.75 Å². The molecular weight excluding hydrogens is 301 g/mol. The third kappa shape index (κ3) is 6.60. The Labute approximate surface area is 125 Å². The van der Waals surface area contributed by atoms with Crippen molar-refractivity contribution in [1.29, 1.82) is 0 Å². The monoisotopic (exact) mass is 318 g/mol. The number of ether oxygens (including phenoxy) is 1. The number of carbonyl (C=O) groups excluding carboxylic acids is 1. The van der Waals surface area contributed by atoms with Gasteiger partial charge in [0.05, 0.1) is 12.5 Å². The molecule has 0 heterocycles. The predicted octanol–water partition coefficient (Wildman–Crippen LogP) is 3.56. The molecule has 0 aliphatic heterocycles. The summed E-state index contributed by atoms with van der Waals surface area (Å²) in [5.41, 5.74) is 0.424. The first-order chi connectivity index (χ1) is 10.3. The van der Waals surface area contributed by atoms with E-state index >= 15 is 0 Å². The van der Waals surface area contributed by atoms with Crippen LogP contribution in [-0.2, 0) is 9.59 Å². The number of aliphatic carboxylic acids is 1. The Bertz CT molecular complexity index is 500. The number of hydrogen-bond donors (Lipinski definition) is 1. The first-order valence-corrected chi connectivity index (χ1v) is 6.79. The van der Waals surface area contributed by atoms with Crippen LogP contribution in [0.3, 0.4) is 0 Å². The lowest BCUT2D eigenvalue weighted by Crippen LogP contribution is -2.12. The highest BCUT2D eigenvalue weighted by atomic mass is 19.4. The zero-order valence-electron chi connectivity index (χ0n) is 11.8. The molecule has 0 aromatic heterocycles. The number of alkyl halides is 3. The minimum Gasteiger partial charge on any atom is -0.494 e. The van der Waals surface area contributed by atoms with E-state index in [0.29, 0.717) is 17.6 Å². The topological polar surface area (TPSA) is 63.6 Å². The second kappa shape index (κ2) is 8.41. The summed E-state index contributed by atoms with van der Waals surface area (Å²) in [7, 11) is 0. The van der Waals surface area contributed by atoms with Gasteiger partial charge in [0.15, 0.2) is 0 Å². The zero-order valence-corrected chi connectivity index (χ0v) is 11.8. The molecule has 1 aromatic rings. The van der Waals surface area contributed by atoms with Gasteiger partial charge in [-0.3, -0.25) is 4.79 Å². The first-order valence-electron chi connectivity index (χ1n) is 6.79. The van der Waals surface area contributed by atoms with Gasteiger partial charge in [-0.15, -0.1) is 0 Å². The number of aldehydes is 1. The quantitative estimate of drug-likeness (QED) is 0.558. The summed E-state index contributed by atoms with van der Waals surface area (Å²) < 4.78 is 41.2. The zero-order chi connectivity index (χ0) is 16.6. The Balaban J connectivity index is 2.53. The standard InChI is InChI=1S/C15H17F3O4/c16-15(17,18)7-1-2-9-22-12-5-3-4-11(10-12)13(6-8-19)14(20)21/h3-5,8,10,13H,1-2,6-7,9H2,(H,20,21). The summed E-state index contributed by atoms with van der Waals surface area (Å²) in [5.74, 6) is -1.69. The van der Waals surface area contributed by atoms with Gasteiger partial charge in [0.25, 0.3) is 0 Å². The van der Waals surface area contributed by atoms with Crippen LogP contribution in [0.25, 0.3) is 0 Å². The summed E-state index contributed by atoms with van der Waals surface area (Å²) in [6.45, 7) is 0.116. The summed E-state index contributed by atoms with van der Waals surface area (Å²) in [6, 6.07) is 6.24. The molecule has 1 atom stereocenters.